The molecule has 0 fully saturated rings. The summed E-state index contributed by atoms with van der Waals surface area (Å²) in [5, 5.41) is 2.75. The fourth-order valence-corrected chi connectivity index (χ4v) is 4.38. The number of nitrogens with one attached hydrogen (secondary N) is 1. The van der Waals surface area contributed by atoms with E-state index >= 15 is 0 Å². The fourth-order valence-electron chi connectivity index (χ4n) is 1.56. The molecule has 1 atom stereocenters. The molecule has 0 saturated carbocycles. The monoisotopic (exact) mass is 379 g/mol. The van der Waals surface area contributed by atoms with Gasteiger partial charge in [-0.3, -0.25) is 0 Å². The quantitative estimate of drug-likeness (QED) is 0.799. The molecule has 3 N–H and O–H groups in total. The van der Waals surface area contributed by atoms with Crippen molar-refractivity contribution in [3.05, 3.63) is 33.1 Å². The normalized spacial score (nSPS) is 13.6. The minimum absolute atomic E-state index is 0.00410. The number of furan rings is 1. The van der Waals surface area contributed by atoms with Gasteiger partial charge in [0.25, 0.3) is 0 Å². The summed E-state index contributed by atoms with van der Waals surface area (Å²) in [6.07, 6.45) is 1.70. The number of nitrogens with two attached hydrogens (primary N) is 1. The van der Waals surface area contributed by atoms with Crippen LogP contribution in [0.15, 0.2) is 31.6 Å². The van der Waals surface area contributed by atoms with Gasteiger partial charge in [0, 0.05) is 30.1 Å². The Morgan fingerprint density at radius 1 is 1.60 bits per heavy atom. The van der Waals surface area contributed by atoms with Crippen molar-refractivity contribution >= 4 is 37.3 Å². The lowest BCUT2D eigenvalue weighted by Crippen LogP contribution is -2.27. The van der Waals surface area contributed by atoms with Crippen LogP contribution in [0.3, 0.4) is 0 Å². The van der Waals surface area contributed by atoms with Crippen LogP contribution in [0.25, 0.3) is 0 Å². The Hall–Kier alpha value is -0.740. The molecule has 2 heterocycles. The van der Waals surface area contributed by atoms with Crippen molar-refractivity contribution in [3.63, 3.8) is 0 Å². The molecule has 0 amide bonds. The highest BCUT2D eigenvalue weighted by molar-refractivity contribution is 9.10. The van der Waals surface area contributed by atoms with Gasteiger partial charge in [0.1, 0.15) is 10.7 Å². The smallest absolute Gasteiger partial charge is 0.244 e. The molecule has 0 saturated heterocycles. The van der Waals surface area contributed by atoms with Crippen molar-refractivity contribution < 1.29 is 12.8 Å². The zero-order valence-corrected chi connectivity index (χ0v) is 13.9. The van der Waals surface area contributed by atoms with Gasteiger partial charge in [0.15, 0.2) is 4.67 Å². The number of rotatable bonds is 6. The average Bonchev–Trinajstić information content (AvgIpc) is 3.05. The average molecular weight is 380 g/mol. The summed E-state index contributed by atoms with van der Waals surface area (Å²) in [7, 11) is -3.64. The van der Waals surface area contributed by atoms with Crippen LogP contribution < -0.4 is 10.5 Å². The van der Waals surface area contributed by atoms with Crippen LogP contribution in [0.5, 0.6) is 0 Å². The van der Waals surface area contributed by atoms with Gasteiger partial charge in [0.2, 0.25) is 10.0 Å². The lowest BCUT2D eigenvalue weighted by Gasteiger charge is -2.09. The first-order valence-electron chi connectivity index (χ1n) is 5.81. The molecule has 2 rings (SSSR count). The van der Waals surface area contributed by atoms with Gasteiger partial charge in [-0.1, -0.05) is 6.92 Å². The highest BCUT2D eigenvalue weighted by atomic mass is 79.9. The Bertz CT molecular complexity index is 667. The van der Waals surface area contributed by atoms with Crippen LogP contribution in [0.2, 0.25) is 0 Å². The number of halogens is 1. The molecule has 0 aliphatic rings. The Labute approximate surface area is 129 Å². The van der Waals surface area contributed by atoms with Crippen molar-refractivity contribution in [3.8, 4) is 0 Å². The van der Waals surface area contributed by atoms with Crippen molar-refractivity contribution in [1.82, 2.24) is 9.71 Å². The summed E-state index contributed by atoms with van der Waals surface area (Å²) in [5.74, 6) is 0.412. The van der Waals surface area contributed by atoms with E-state index in [4.69, 9.17) is 10.2 Å². The Morgan fingerprint density at radius 3 is 2.90 bits per heavy atom. The molecule has 6 nitrogen and oxygen atoms in total. The maximum Gasteiger partial charge on any atom is 0.244 e. The SMILES string of the molecule is CC(CNS(=O)(=O)c1cc(CN)oc1Br)c1nccs1. The first-order valence-corrected chi connectivity index (χ1v) is 8.97. The second-order valence-electron chi connectivity index (χ2n) is 4.18. The molecule has 9 heteroatoms. The molecule has 2 aromatic rings. The fraction of sp³-hybridized carbons (Fsp3) is 0.364. The topological polar surface area (TPSA) is 98.2 Å². The molecule has 2 aromatic heterocycles. The molecule has 0 aromatic carbocycles. The van der Waals surface area contributed by atoms with E-state index in [0.29, 0.717) is 5.76 Å². The number of thiazole rings is 1. The second kappa shape index (κ2) is 6.35. The lowest BCUT2D eigenvalue weighted by atomic mass is 10.2. The minimum atomic E-state index is -3.64. The summed E-state index contributed by atoms with van der Waals surface area (Å²) < 4.78 is 32.3. The molecule has 0 radical (unpaired) electrons. The first kappa shape index (κ1) is 15.6. The molecule has 1 unspecified atom stereocenters. The number of nitrogens with zero attached hydrogens (tertiary/aromatic N) is 1. The molecule has 0 spiro atoms. The van der Waals surface area contributed by atoms with Gasteiger partial charge < -0.3 is 10.2 Å². The van der Waals surface area contributed by atoms with Crippen molar-refractivity contribution in [2.45, 2.75) is 24.3 Å². The van der Waals surface area contributed by atoms with Crippen LogP contribution in [0.1, 0.15) is 23.6 Å². The van der Waals surface area contributed by atoms with Gasteiger partial charge in [-0.05, 0) is 15.9 Å². The van der Waals surface area contributed by atoms with Gasteiger partial charge in [-0.2, -0.15) is 0 Å². The molecule has 0 bridgehead atoms. The van der Waals surface area contributed by atoms with Crippen molar-refractivity contribution in [1.29, 1.82) is 0 Å². The van der Waals surface area contributed by atoms with E-state index in [-0.39, 0.29) is 28.6 Å². The molecule has 110 valence electrons. The van der Waals surface area contributed by atoms with Gasteiger partial charge in [-0.15, -0.1) is 11.3 Å². The molecule has 20 heavy (non-hydrogen) atoms. The largest absolute Gasteiger partial charge is 0.452 e. The highest BCUT2D eigenvalue weighted by Crippen LogP contribution is 2.26. The van der Waals surface area contributed by atoms with Crippen LogP contribution in [0, 0.1) is 0 Å². The predicted octanol–water partition coefficient (Wildman–Crippen LogP) is 2.04. The van der Waals surface area contributed by atoms with E-state index in [0.717, 1.165) is 5.01 Å². The molecule has 0 aliphatic carbocycles. The minimum Gasteiger partial charge on any atom is -0.452 e. The summed E-state index contributed by atoms with van der Waals surface area (Å²) in [6.45, 7) is 2.33. The third-order valence-electron chi connectivity index (χ3n) is 2.65. The number of sulfonamides is 1. The zero-order chi connectivity index (χ0) is 14.8. The van der Waals surface area contributed by atoms with Crippen molar-refractivity contribution in [2.75, 3.05) is 6.54 Å². The van der Waals surface area contributed by atoms with Gasteiger partial charge >= 0.3 is 0 Å². The van der Waals surface area contributed by atoms with Gasteiger partial charge in [0.05, 0.1) is 11.6 Å². The third-order valence-corrected chi connectivity index (χ3v) is 5.94. The standard InChI is InChI=1S/C11H14BrN3O3S2/c1-7(11-14-2-3-19-11)6-15-20(16,17)9-4-8(5-13)18-10(9)12/h2-4,7,15H,5-6,13H2,1H3. The lowest BCUT2D eigenvalue weighted by molar-refractivity contribution is 0.483. The Balaban J connectivity index is 2.09. The van der Waals surface area contributed by atoms with E-state index < -0.39 is 10.0 Å². The zero-order valence-electron chi connectivity index (χ0n) is 10.7. The van der Waals surface area contributed by atoms with Crippen LogP contribution in [-0.4, -0.2) is 19.9 Å². The molecular formula is C11H14BrN3O3S2. The maximum atomic E-state index is 12.2. The predicted molar refractivity (Wildman–Crippen MR) is 80.0 cm³/mol. The maximum absolute atomic E-state index is 12.2. The Kier molecular flexibility index (Phi) is 4.97. The summed E-state index contributed by atoms with van der Waals surface area (Å²) >= 11 is 4.59. The molecular weight excluding hydrogens is 366 g/mol. The number of hydrogen-bond donors (Lipinski definition) is 2. The summed E-state index contributed by atoms with van der Waals surface area (Å²) in [5.41, 5.74) is 5.42. The van der Waals surface area contributed by atoms with E-state index in [2.05, 4.69) is 25.6 Å². The van der Waals surface area contributed by atoms with E-state index in [1.807, 2.05) is 12.3 Å². The van der Waals surface area contributed by atoms with E-state index in [1.54, 1.807) is 6.20 Å². The van der Waals surface area contributed by atoms with E-state index in [1.165, 1.54) is 17.4 Å². The molecule has 0 aliphatic heterocycles. The number of aromatic nitrogens is 1. The first-order chi connectivity index (χ1) is 9.44. The van der Waals surface area contributed by atoms with Crippen LogP contribution in [-0.2, 0) is 16.6 Å². The van der Waals surface area contributed by atoms with E-state index in [9.17, 15) is 8.42 Å². The highest BCUT2D eigenvalue weighted by Gasteiger charge is 2.23. The summed E-state index contributed by atoms with van der Waals surface area (Å²) in [6, 6.07) is 1.42. The third kappa shape index (κ3) is 3.47. The summed E-state index contributed by atoms with van der Waals surface area (Å²) in [4.78, 5) is 4.22. The van der Waals surface area contributed by atoms with Gasteiger partial charge in [-0.25, -0.2) is 18.1 Å². The van der Waals surface area contributed by atoms with Crippen LogP contribution >= 0.6 is 27.3 Å². The Morgan fingerprint density at radius 2 is 2.35 bits per heavy atom. The van der Waals surface area contributed by atoms with Crippen LogP contribution in [0.4, 0.5) is 0 Å². The second-order valence-corrected chi connectivity index (χ2v) is 7.56. The number of hydrogen-bond acceptors (Lipinski definition) is 6. The van der Waals surface area contributed by atoms with Crippen molar-refractivity contribution in [2.24, 2.45) is 5.73 Å².